The van der Waals surface area contributed by atoms with Crippen molar-refractivity contribution in [3.8, 4) is 28.6 Å². The van der Waals surface area contributed by atoms with Crippen molar-refractivity contribution in [1.29, 1.82) is 5.26 Å². The Labute approximate surface area is 266 Å². The number of nitrogens with two attached hydrogens (primary N) is 2. The fourth-order valence-electron chi connectivity index (χ4n) is 5.34. The highest BCUT2D eigenvalue weighted by atomic mass is 35.5. The van der Waals surface area contributed by atoms with E-state index in [-0.39, 0.29) is 45.0 Å². The number of anilines is 2. The SMILES string of the molecule is CC1CCCC(n2cnc(-c3c(N(N)/C=C(\N)C#N)ccc(Cl)c3F)cc2=O)c2cccc(c2)-c2c(cnn2C(O)(O)O)NC1=O. The number of carbonyl (C=O) groups excluding carboxylic acids is 1. The van der Waals surface area contributed by atoms with E-state index in [0.717, 1.165) is 17.3 Å². The molecule has 2 aromatic heterocycles. The van der Waals surface area contributed by atoms with Gasteiger partial charge in [0.1, 0.15) is 17.5 Å². The normalized spacial score (nSPS) is 17.3. The van der Waals surface area contributed by atoms with Crippen LogP contribution in [-0.4, -0.2) is 40.6 Å². The Bertz CT molecular complexity index is 1950. The summed E-state index contributed by atoms with van der Waals surface area (Å²) >= 11 is 6.06. The van der Waals surface area contributed by atoms with Crippen LogP contribution in [0.5, 0.6) is 0 Å². The summed E-state index contributed by atoms with van der Waals surface area (Å²) in [5, 5.41) is 46.3. The predicted molar refractivity (Wildman–Crippen MR) is 166 cm³/mol. The summed E-state index contributed by atoms with van der Waals surface area (Å²) in [5.41, 5.74) is 5.65. The Morgan fingerprint density at radius 2 is 2.00 bits per heavy atom. The predicted octanol–water partition coefficient (Wildman–Crippen LogP) is 2.46. The van der Waals surface area contributed by atoms with Gasteiger partial charge in [-0.15, -0.1) is 0 Å². The van der Waals surface area contributed by atoms with Crippen molar-refractivity contribution in [3.63, 3.8) is 0 Å². The molecule has 0 saturated carbocycles. The molecule has 8 N–H and O–H groups in total. The first-order chi connectivity index (χ1) is 21.8. The van der Waals surface area contributed by atoms with Crippen LogP contribution in [-0.2, 0) is 10.9 Å². The number of nitriles is 1. The lowest BCUT2D eigenvalue weighted by Crippen LogP contribution is -2.34. The summed E-state index contributed by atoms with van der Waals surface area (Å²) in [5.74, 6) is 4.32. The van der Waals surface area contributed by atoms with Gasteiger partial charge in [-0.3, -0.25) is 19.2 Å². The van der Waals surface area contributed by atoms with Crippen molar-refractivity contribution in [3.05, 3.63) is 93.6 Å². The van der Waals surface area contributed by atoms with Crippen LogP contribution in [0, 0.1) is 23.1 Å². The first-order valence-corrected chi connectivity index (χ1v) is 14.3. The van der Waals surface area contributed by atoms with Crippen LogP contribution < -0.4 is 27.5 Å². The van der Waals surface area contributed by atoms with Gasteiger partial charge in [0.2, 0.25) is 5.91 Å². The number of aliphatic hydroxyl groups is 3. The standard InChI is InChI=1S/C30H29ClFN9O5/c1-16-4-2-7-23(17-5-3-6-18(10-17)28-22(38-29(16)43)13-37-41(28)30(44,45)46)39-15-36-21(11-25(39)42)26-24(9-8-20(31)27(26)32)40(35)14-19(34)12-33/h3,5-6,8-11,13-16,23,44-46H,2,4,7,34-35H2,1H3,(H,38,43)/b19-14-. The number of rotatable bonds is 5. The molecule has 0 fully saturated rings. The number of nitrogens with one attached hydrogen (secondary N) is 1. The van der Waals surface area contributed by atoms with Gasteiger partial charge >= 0.3 is 6.10 Å². The molecule has 4 aromatic rings. The average Bonchev–Trinajstić information content (AvgIpc) is 3.44. The van der Waals surface area contributed by atoms with Crippen molar-refractivity contribution < 1.29 is 24.5 Å². The molecule has 2 unspecified atom stereocenters. The van der Waals surface area contributed by atoms with Crippen molar-refractivity contribution >= 4 is 28.9 Å². The van der Waals surface area contributed by atoms with E-state index in [4.69, 9.17) is 28.4 Å². The Morgan fingerprint density at radius 1 is 1.24 bits per heavy atom. The van der Waals surface area contributed by atoms with E-state index in [0.29, 0.717) is 35.1 Å². The second kappa shape index (κ2) is 12.7. The summed E-state index contributed by atoms with van der Waals surface area (Å²) in [6, 6.07) is 11.6. The molecule has 0 spiro atoms. The van der Waals surface area contributed by atoms with Gasteiger partial charge in [0.15, 0.2) is 5.82 Å². The maximum Gasteiger partial charge on any atom is 0.389 e. The summed E-state index contributed by atoms with van der Waals surface area (Å²) in [6.45, 7) is 1.73. The fourth-order valence-corrected chi connectivity index (χ4v) is 5.50. The topological polar surface area (TPSA) is 222 Å². The van der Waals surface area contributed by atoms with Crippen LogP contribution >= 0.6 is 11.6 Å². The minimum absolute atomic E-state index is 0.0106. The van der Waals surface area contributed by atoms with Crippen LogP contribution in [0.3, 0.4) is 0 Å². The van der Waals surface area contributed by atoms with Gasteiger partial charge in [0.05, 0.1) is 52.4 Å². The third-order valence-corrected chi connectivity index (χ3v) is 7.90. The lowest BCUT2D eigenvalue weighted by molar-refractivity contribution is -0.379. The van der Waals surface area contributed by atoms with E-state index in [1.807, 2.05) is 0 Å². The highest BCUT2D eigenvalue weighted by Gasteiger charge is 2.31. The minimum Gasteiger partial charge on any atom is -0.389 e. The minimum atomic E-state index is -3.38. The quantitative estimate of drug-likeness (QED) is 0.0797. The summed E-state index contributed by atoms with van der Waals surface area (Å²) in [4.78, 5) is 31.1. The molecule has 16 heteroatoms. The van der Waals surface area contributed by atoms with E-state index >= 15 is 4.39 Å². The number of nitrogens with zero attached hydrogens (tertiary/aromatic N) is 6. The highest BCUT2D eigenvalue weighted by Crippen LogP contribution is 2.37. The Balaban J connectivity index is 1.64. The van der Waals surface area contributed by atoms with Crippen LogP contribution in [0.4, 0.5) is 15.8 Å². The fraction of sp³-hybridized carbons (Fsp3) is 0.233. The van der Waals surface area contributed by atoms with E-state index in [2.05, 4.69) is 15.4 Å². The average molecular weight is 650 g/mol. The zero-order valence-electron chi connectivity index (χ0n) is 24.3. The van der Waals surface area contributed by atoms with E-state index < -0.39 is 29.4 Å². The molecular formula is C30H29ClFN9O5. The summed E-state index contributed by atoms with van der Waals surface area (Å²) < 4.78 is 17.3. The summed E-state index contributed by atoms with van der Waals surface area (Å²) in [7, 11) is 0. The van der Waals surface area contributed by atoms with Crippen molar-refractivity contribution in [2.24, 2.45) is 17.5 Å². The summed E-state index contributed by atoms with van der Waals surface area (Å²) in [6.07, 6.45) is 1.52. The molecule has 2 aromatic carbocycles. The molecule has 1 aliphatic heterocycles. The number of amides is 1. The number of hydrogen-bond donors (Lipinski definition) is 6. The third kappa shape index (κ3) is 6.33. The Morgan fingerprint density at radius 3 is 2.70 bits per heavy atom. The van der Waals surface area contributed by atoms with E-state index in [9.17, 15) is 24.9 Å². The Hall–Kier alpha value is -5.11. The smallest absolute Gasteiger partial charge is 0.389 e. The molecule has 1 amide bonds. The molecule has 2 atom stereocenters. The number of carbonyl (C=O) groups is 1. The number of fused-ring (bicyclic) bond motifs is 4. The van der Waals surface area contributed by atoms with E-state index in [1.54, 1.807) is 37.3 Å². The molecule has 238 valence electrons. The van der Waals surface area contributed by atoms with Crippen LogP contribution in [0.2, 0.25) is 5.02 Å². The van der Waals surface area contributed by atoms with Crippen molar-refractivity contribution in [1.82, 2.24) is 19.3 Å². The molecule has 0 aliphatic carbocycles. The maximum atomic E-state index is 15.4. The largest absolute Gasteiger partial charge is 0.389 e. The van der Waals surface area contributed by atoms with Crippen LogP contribution in [0.1, 0.15) is 37.8 Å². The molecule has 3 heterocycles. The molecule has 14 nitrogen and oxygen atoms in total. The second-order valence-electron chi connectivity index (χ2n) is 10.8. The Kier molecular flexibility index (Phi) is 8.92. The van der Waals surface area contributed by atoms with Gasteiger partial charge in [0, 0.05) is 17.5 Å². The number of halogens is 2. The molecule has 1 aliphatic rings. The van der Waals surface area contributed by atoms with Gasteiger partial charge < -0.3 is 26.4 Å². The van der Waals surface area contributed by atoms with Gasteiger partial charge in [-0.25, -0.2) is 15.2 Å². The van der Waals surface area contributed by atoms with Crippen LogP contribution in [0.15, 0.2) is 71.7 Å². The van der Waals surface area contributed by atoms with E-state index in [1.165, 1.54) is 29.2 Å². The number of hydrogen-bond acceptors (Lipinski definition) is 11. The molecule has 2 bridgehead atoms. The van der Waals surface area contributed by atoms with Gasteiger partial charge in [-0.1, -0.05) is 43.1 Å². The monoisotopic (exact) mass is 649 g/mol. The second-order valence-corrected chi connectivity index (χ2v) is 11.2. The van der Waals surface area contributed by atoms with Gasteiger partial charge in [-0.2, -0.15) is 15.0 Å². The number of hydrazine groups is 1. The number of benzene rings is 2. The third-order valence-electron chi connectivity index (χ3n) is 7.60. The zero-order valence-corrected chi connectivity index (χ0v) is 25.1. The highest BCUT2D eigenvalue weighted by molar-refractivity contribution is 6.31. The lowest BCUT2D eigenvalue weighted by atomic mass is 9.94. The number of aromatic nitrogens is 4. The molecule has 5 rings (SSSR count). The van der Waals surface area contributed by atoms with Gasteiger partial charge in [-0.05, 0) is 36.6 Å². The molecular weight excluding hydrogens is 621 g/mol. The van der Waals surface area contributed by atoms with Crippen molar-refractivity contribution in [2.75, 3.05) is 10.3 Å². The van der Waals surface area contributed by atoms with Crippen molar-refractivity contribution in [2.45, 2.75) is 38.3 Å². The van der Waals surface area contributed by atoms with Gasteiger partial charge in [0.25, 0.3) is 5.56 Å². The molecule has 46 heavy (non-hydrogen) atoms. The molecule has 0 saturated heterocycles. The first kappa shape index (κ1) is 32.3. The lowest BCUT2D eigenvalue weighted by Gasteiger charge is -2.24. The molecule has 0 radical (unpaired) electrons. The number of allylic oxidation sites excluding steroid dienone is 1. The van der Waals surface area contributed by atoms with Crippen LogP contribution in [0.25, 0.3) is 22.5 Å². The first-order valence-electron chi connectivity index (χ1n) is 13.9. The zero-order chi connectivity index (χ0) is 33.3. The maximum absolute atomic E-state index is 15.4.